The molecule has 1 N–H and O–H groups in total. The van der Waals surface area contributed by atoms with Crippen LogP contribution >= 0.6 is 0 Å². The minimum absolute atomic E-state index is 0.0225. The number of allylic oxidation sites excluding steroid dienone is 4. The molecule has 2 nitrogen and oxygen atoms in total. The van der Waals surface area contributed by atoms with E-state index in [1.165, 1.54) is 42.5 Å². The molecule has 11 heteroatoms. The van der Waals surface area contributed by atoms with Crippen LogP contribution in [0.1, 0.15) is 59.1 Å². The molecule has 0 bridgehead atoms. The summed E-state index contributed by atoms with van der Waals surface area (Å²) in [4.78, 5) is 11.7. The van der Waals surface area contributed by atoms with Crippen LogP contribution in [0.3, 0.4) is 0 Å². The van der Waals surface area contributed by atoms with Crippen molar-refractivity contribution in [3.05, 3.63) is 124 Å². The van der Waals surface area contributed by atoms with Crippen molar-refractivity contribution in [3.63, 3.8) is 0 Å². The lowest BCUT2D eigenvalue weighted by molar-refractivity contribution is -0.141. The minimum atomic E-state index is -4.89. The number of halogens is 9. The van der Waals surface area contributed by atoms with Crippen LogP contribution in [0.5, 0.6) is 0 Å². The van der Waals surface area contributed by atoms with Crippen LogP contribution in [-0.4, -0.2) is 11.1 Å². The predicted octanol–water partition coefficient (Wildman–Crippen LogP) is 9.94. The van der Waals surface area contributed by atoms with Gasteiger partial charge in [0, 0.05) is 5.41 Å². The summed E-state index contributed by atoms with van der Waals surface area (Å²) in [5.41, 5.74) is -5.12. The van der Waals surface area contributed by atoms with Gasteiger partial charge in [-0.15, -0.1) is 0 Å². The zero-order valence-corrected chi connectivity index (χ0v) is 22.8. The van der Waals surface area contributed by atoms with Crippen LogP contribution in [0.2, 0.25) is 0 Å². The molecule has 3 atom stereocenters. The number of rotatable bonds is 5. The zero-order chi connectivity index (χ0) is 32.1. The predicted molar refractivity (Wildman–Crippen MR) is 144 cm³/mol. The molecule has 2 aliphatic carbocycles. The van der Waals surface area contributed by atoms with Gasteiger partial charge in [0.25, 0.3) is 0 Å². The fourth-order valence-electron chi connectivity index (χ4n) is 6.50. The van der Waals surface area contributed by atoms with Gasteiger partial charge in [-0.25, -0.2) is 0 Å². The molecule has 3 unspecified atom stereocenters. The Morgan fingerprint density at radius 2 is 1.32 bits per heavy atom. The molecule has 2 aliphatic rings. The molecule has 5 rings (SSSR count). The summed E-state index contributed by atoms with van der Waals surface area (Å²) < 4.78 is 126. The van der Waals surface area contributed by atoms with Gasteiger partial charge in [-0.3, -0.25) is 4.79 Å². The highest BCUT2D eigenvalue weighted by atomic mass is 19.4. The van der Waals surface area contributed by atoms with Crippen molar-refractivity contribution in [1.29, 1.82) is 0 Å². The number of carboxylic acid groups (broad SMARTS) is 1. The van der Waals surface area contributed by atoms with Crippen molar-refractivity contribution >= 4 is 11.5 Å². The second kappa shape index (κ2) is 11.2. The normalized spacial score (nSPS) is 22.8. The SMILES string of the molecule is O=C(O)C1CCC(C2=C(c3ccccc3C(F)(F)F)CC(c3ccc(C(F)(F)F)cc3)(c3ccccc3C(F)(F)F)C=C2)C1. The monoisotopic (exact) mass is 624 g/mol. The summed E-state index contributed by atoms with van der Waals surface area (Å²) in [5, 5.41) is 9.56. The Balaban J connectivity index is 1.79. The molecule has 0 heterocycles. The lowest BCUT2D eigenvalue weighted by Gasteiger charge is -2.40. The molecule has 0 aromatic heterocycles. The van der Waals surface area contributed by atoms with Crippen molar-refractivity contribution in [1.82, 2.24) is 0 Å². The molecule has 3 aromatic carbocycles. The fraction of sp³-hybridized carbons (Fsp3) is 0.303. The second-order valence-corrected chi connectivity index (χ2v) is 11.1. The van der Waals surface area contributed by atoms with Crippen LogP contribution in [0.25, 0.3) is 5.57 Å². The summed E-state index contributed by atoms with van der Waals surface area (Å²) in [6, 6.07) is 12.7. The number of aliphatic carboxylic acids is 1. The van der Waals surface area contributed by atoms with Gasteiger partial charge in [-0.05, 0) is 83.7 Å². The average Bonchev–Trinajstić information content (AvgIpc) is 3.46. The van der Waals surface area contributed by atoms with E-state index in [1.807, 2.05) is 0 Å². The van der Waals surface area contributed by atoms with Gasteiger partial charge in [0.1, 0.15) is 0 Å². The van der Waals surface area contributed by atoms with E-state index in [-0.39, 0.29) is 35.1 Å². The van der Waals surface area contributed by atoms with E-state index in [2.05, 4.69) is 0 Å². The van der Waals surface area contributed by atoms with Crippen molar-refractivity contribution in [3.8, 4) is 0 Å². The molecule has 1 fully saturated rings. The van der Waals surface area contributed by atoms with Gasteiger partial charge >= 0.3 is 24.5 Å². The van der Waals surface area contributed by atoms with E-state index in [4.69, 9.17) is 0 Å². The van der Waals surface area contributed by atoms with E-state index in [1.54, 1.807) is 0 Å². The van der Waals surface area contributed by atoms with Crippen LogP contribution in [0.4, 0.5) is 39.5 Å². The Labute approximate surface area is 246 Å². The Hall–Kier alpha value is -4.02. The summed E-state index contributed by atoms with van der Waals surface area (Å²) in [7, 11) is 0. The molecule has 0 spiro atoms. The molecule has 0 saturated heterocycles. The molecule has 44 heavy (non-hydrogen) atoms. The van der Waals surface area contributed by atoms with Gasteiger partial charge in [0.05, 0.1) is 22.6 Å². The first-order chi connectivity index (χ1) is 20.5. The molecular formula is C33H25F9O2. The van der Waals surface area contributed by atoms with Crippen molar-refractivity contribution < 1.29 is 49.4 Å². The first-order valence-electron chi connectivity index (χ1n) is 13.7. The maximum atomic E-state index is 14.4. The van der Waals surface area contributed by atoms with Gasteiger partial charge in [-0.2, -0.15) is 39.5 Å². The second-order valence-electron chi connectivity index (χ2n) is 11.1. The smallest absolute Gasteiger partial charge is 0.416 e. The van der Waals surface area contributed by atoms with E-state index in [9.17, 15) is 49.4 Å². The summed E-state index contributed by atoms with van der Waals surface area (Å²) >= 11 is 0. The Morgan fingerprint density at radius 3 is 1.89 bits per heavy atom. The first kappa shape index (κ1) is 31.4. The number of hydrogen-bond donors (Lipinski definition) is 1. The van der Waals surface area contributed by atoms with Gasteiger partial charge in [0.2, 0.25) is 0 Å². The Kier molecular flexibility index (Phi) is 7.97. The quantitative estimate of drug-likeness (QED) is 0.287. The maximum Gasteiger partial charge on any atom is 0.416 e. The third kappa shape index (κ3) is 5.88. The first-order valence-corrected chi connectivity index (χ1v) is 13.7. The highest BCUT2D eigenvalue weighted by molar-refractivity contribution is 5.79. The standard InChI is InChI=1S/C33H25F9O2/c34-31(35,36)22-13-11-21(12-14-22)30(27-7-3-4-8-28(27)33(40,41)42)16-15-23(19-9-10-20(17-19)29(43)44)25(18-30)24-5-1-2-6-26(24)32(37,38)39/h1-8,11-16,19-20H,9-10,17-18H2,(H,43,44). The van der Waals surface area contributed by atoms with Gasteiger partial charge in [-0.1, -0.05) is 60.7 Å². The largest absolute Gasteiger partial charge is 0.481 e. The van der Waals surface area contributed by atoms with Crippen molar-refractivity contribution in [2.45, 2.75) is 49.6 Å². The van der Waals surface area contributed by atoms with Crippen LogP contribution in [-0.2, 0) is 28.7 Å². The number of carboxylic acids is 1. The summed E-state index contributed by atoms with van der Waals surface area (Å²) in [6.07, 6.45) is -11.3. The lowest BCUT2D eigenvalue weighted by atomic mass is 9.63. The maximum absolute atomic E-state index is 14.4. The van der Waals surface area contributed by atoms with Crippen molar-refractivity contribution in [2.24, 2.45) is 11.8 Å². The Bertz CT molecular complexity index is 1610. The lowest BCUT2D eigenvalue weighted by Crippen LogP contribution is -2.32. The van der Waals surface area contributed by atoms with E-state index >= 15 is 0 Å². The zero-order valence-electron chi connectivity index (χ0n) is 22.8. The minimum Gasteiger partial charge on any atom is -0.481 e. The van der Waals surface area contributed by atoms with Crippen LogP contribution in [0, 0.1) is 11.8 Å². The van der Waals surface area contributed by atoms with Gasteiger partial charge in [0.15, 0.2) is 0 Å². The average molecular weight is 625 g/mol. The third-order valence-electron chi connectivity index (χ3n) is 8.57. The number of alkyl halides is 9. The molecule has 0 amide bonds. The van der Waals surface area contributed by atoms with E-state index in [0.29, 0.717) is 12.0 Å². The Morgan fingerprint density at radius 1 is 0.727 bits per heavy atom. The van der Waals surface area contributed by atoms with E-state index < -0.39 is 64.9 Å². The van der Waals surface area contributed by atoms with Crippen molar-refractivity contribution in [2.75, 3.05) is 0 Å². The number of carbonyl (C=O) groups is 1. The molecular weight excluding hydrogens is 599 g/mol. The summed E-state index contributed by atoms with van der Waals surface area (Å²) in [6.45, 7) is 0. The number of benzene rings is 3. The fourth-order valence-corrected chi connectivity index (χ4v) is 6.50. The highest BCUT2D eigenvalue weighted by Crippen LogP contribution is 2.53. The molecule has 0 aliphatic heterocycles. The molecule has 232 valence electrons. The van der Waals surface area contributed by atoms with Crippen LogP contribution in [0.15, 0.2) is 90.5 Å². The third-order valence-corrected chi connectivity index (χ3v) is 8.57. The molecule has 3 aromatic rings. The molecule has 0 radical (unpaired) electrons. The van der Waals surface area contributed by atoms with E-state index in [0.717, 1.165) is 42.5 Å². The van der Waals surface area contributed by atoms with Gasteiger partial charge < -0.3 is 5.11 Å². The topological polar surface area (TPSA) is 37.3 Å². The van der Waals surface area contributed by atoms with Crippen LogP contribution < -0.4 is 0 Å². The number of hydrogen-bond acceptors (Lipinski definition) is 1. The highest BCUT2D eigenvalue weighted by Gasteiger charge is 2.46. The molecule has 1 saturated carbocycles. The summed E-state index contributed by atoms with van der Waals surface area (Å²) in [5.74, 6) is -2.29.